The maximum absolute atomic E-state index is 13.6. The molecular formula is C31H32F3N3O. The fraction of sp³-hybridized carbons (Fsp3) is 0.323. The molecule has 38 heavy (non-hydrogen) atoms. The summed E-state index contributed by atoms with van der Waals surface area (Å²) in [5.74, 6) is -0.0325. The van der Waals surface area contributed by atoms with Crippen LogP contribution in [0.3, 0.4) is 0 Å². The molecular weight excluding hydrogens is 487 g/mol. The topological polar surface area (TPSA) is 28.5 Å². The van der Waals surface area contributed by atoms with Gasteiger partial charge in [0.2, 0.25) is 5.91 Å². The molecule has 1 fully saturated rings. The Morgan fingerprint density at radius 3 is 2.32 bits per heavy atom. The predicted molar refractivity (Wildman–Crippen MR) is 145 cm³/mol. The van der Waals surface area contributed by atoms with Gasteiger partial charge in [-0.05, 0) is 49.2 Å². The van der Waals surface area contributed by atoms with Gasteiger partial charge in [-0.25, -0.2) is 0 Å². The molecule has 0 N–H and O–H groups in total. The Morgan fingerprint density at radius 1 is 0.921 bits per heavy atom. The van der Waals surface area contributed by atoms with E-state index in [0.717, 1.165) is 34.6 Å². The second kappa shape index (κ2) is 10.6. The standard InChI is InChI=1S/C31H32F3N3O/c1-3-35-21-28(26-9-4-5-10-29(26)35)27(23-13-11-22(2)12-14-23)20-30(38)37-17-15-36(16-18-37)25-8-6-7-24(19-25)31(32,33)34/h4-14,19,21,27H,3,15-18,20H2,1-2H3. The van der Waals surface area contributed by atoms with Crippen LogP contribution in [-0.2, 0) is 17.5 Å². The third kappa shape index (κ3) is 5.28. The number of carbonyl (C=O) groups is 1. The molecule has 1 saturated heterocycles. The van der Waals surface area contributed by atoms with Gasteiger partial charge in [-0.15, -0.1) is 0 Å². The van der Waals surface area contributed by atoms with Crippen LogP contribution in [0.5, 0.6) is 0 Å². The lowest BCUT2D eigenvalue weighted by molar-refractivity contribution is -0.137. The van der Waals surface area contributed by atoms with Crippen molar-refractivity contribution in [1.82, 2.24) is 9.47 Å². The van der Waals surface area contributed by atoms with E-state index < -0.39 is 11.7 Å². The number of nitrogens with zero attached hydrogens (tertiary/aromatic N) is 3. The fourth-order valence-corrected chi connectivity index (χ4v) is 5.42. The van der Waals surface area contributed by atoms with Gasteiger partial charge in [0.1, 0.15) is 0 Å². The maximum Gasteiger partial charge on any atom is 0.416 e. The second-order valence-electron chi connectivity index (χ2n) is 9.97. The fourth-order valence-electron chi connectivity index (χ4n) is 5.42. The van der Waals surface area contributed by atoms with Gasteiger partial charge >= 0.3 is 6.18 Å². The zero-order chi connectivity index (χ0) is 26.9. The first-order valence-electron chi connectivity index (χ1n) is 13.1. The molecule has 1 aliphatic heterocycles. The molecule has 4 nitrogen and oxygen atoms in total. The summed E-state index contributed by atoms with van der Waals surface area (Å²) in [6.45, 7) is 6.96. The van der Waals surface area contributed by atoms with Crippen LogP contribution in [0.25, 0.3) is 10.9 Å². The molecule has 1 unspecified atom stereocenters. The number of alkyl halides is 3. The summed E-state index contributed by atoms with van der Waals surface area (Å²) in [6, 6.07) is 22.1. The highest BCUT2D eigenvalue weighted by Crippen LogP contribution is 2.36. The number of amides is 1. The lowest BCUT2D eigenvalue weighted by Gasteiger charge is -2.37. The number of hydrogen-bond acceptors (Lipinski definition) is 2. The SMILES string of the molecule is CCn1cc(C(CC(=O)N2CCN(c3cccc(C(F)(F)F)c3)CC2)c2ccc(C)cc2)c2ccccc21. The zero-order valence-electron chi connectivity index (χ0n) is 21.7. The molecule has 7 heteroatoms. The molecule has 3 aromatic carbocycles. The normalized spacial score (nSPS) is 15.2. The van der Waals surface area contributed by atoms with Crippen molar-refractivity contribution in [3.63, 3.8) is 0 Å². The quantitative estimate of drug-likeness (QED) is 0.278. The zero-order valence-corrected chi connectivity index (χ0v) is 21.7. The molecule has 1 atom stereocenters. The van der Waals surface area contributed by atoms with Crippen molar-refractivity contribution < 1.29 is 18.0 Å². The van der Waals surface area contributed by atoms with Crippen molar-refractivity contribution in [3.05, 3.63) is 101 Å². The minimum absolute atomic E-state index is 0.0626. The first-order valence-corrected chi connectivity index (χ1v) is 13.1. The number of benzene rings is 3. The van der Waals surface area contributed by atoms with E-state index in [0.29, 0.717) is 38.3 Å². The van der Waals surface area contributed by atoms with Crippen molar-refractivity contribution in [2.45, 2.75) is 38.9 Å². The van der Waals surface area contributed by atoms with E-state index in [2.05, 4.69) is 61.0 Å². The average molecular weight is 520 g/mol. The molecule has 1 aliphatic rings. The van der Waals surface area contributed by atoms with Crippen LogP contribution in [0.2, 0.25) is 0 Å². The van der Waals surface area contributed by atoms with E-state index >= 15 is 0 Å². The number of hydrogen-bond donors (Lipinski definition) is 0. The van der Waals surface area contributed by atoms with Gasteiger partial charge in [0, 0.05) is 67.8 Å². The molecule has 5 rings (SSSR count). The minimum Gasteiger partial charge on any atom is -0.368 e. The van der Waals surface area contributed by atoms with Crippen molar-refractivity contribution in [3.8, 4) is 0 Å². The first kappa shape index (κ1) is 25.9. The summed E-state index contributed by atoms with van der Waals surface area (Å²) >= 11 is 0. The van der Waals surface area contributed by atoms with Crippen LogP contribution in [0.15, 0.2) is 79.0 Å². The van der Waals surface area contributed by atoms with Gasteiger partial charge in [-0.1, -0.05) is 54.1 Å². The molecule has 2 heterocycles. The van der Waals surface area contributed by atoms with Crippen molar-refractivity contribution in [2.75, 3.05) is 31.1 Å². The van der Waals surface area contributed by atoms with Crippen LogP contribution in [0.1, 0.15) is 41.5 Å². The second-order valence-corrected chi connectivity index (χ2v) is 9.97. The largest absolute Gasteiger partial charge is 0.416 e. The number of rotatable bonds is 6. The number of aryl methyl sites for hydroxylation is 2. The number of para-hydroxylation sites is 1. The van der Waals surface area contributed by atoms with Gasteiger partial charge in [-0.3, -0.25) is 4.79 Å². The Kier molecular flexibility index (Phi) is 7.19. The van der Waals surface area contributed by atoms with Crippen molar-refractivity contribution in [2.24, 2.45) is 0 Å². The summed E-state index contributed by atoms with van der Waals surface area (Å²) < 4.78 is 41.8. The highest BCUT2D eigenvalue weighted by molar-refractivity contribution is 5.87. The Bertz CT molecular complexity index is 1420. The van der Waals surface area contributed by atoms with E-state index in [1.165, 1.54) is 17.7 Å². The molecule has 0 radical (unpaired) electrons. The van der Waals surface area contributed by atoms with Crippen molar-refractivity contribution in [1.29, 1.82) is 0 Å². The number of halogens is 3. The number of aromatic nitrogens is 1. The van der Waals surface area contributed by atoms with Crippen LogP contribution in [0, 0.1) is 6.92 Å². The van der Waals surface area contributed by atoms with Gasteiger partial charge in [-0.2, -0.15) is 13.2 Å². The lowest BCUT2D eigenvalue weighted by Crippen LogP contribution is -2.49. The smallest absolute Gasteiger partial charge is 0.368 e. The lowest BCUT2D eigenvalue weighted by atomic mass is 9.87. The van der Waals surface area contributed by atoms with Crippen molar-refractivity contribution >= 4 is 22.5 Å². The molecule has 0 bridgehead atoms. The summed E-state index contributed by atoms with van der Waals surface area (Å²) in [7, 11) is 0. The molecule has 4 aromatic rings. The number of piperazine rings is 1. The van der Waals surface area contributed by atoms with E-state index in [1.54, 1.807) is 6.07 Å². The van der Waals surface area contributed by atoms with Gasteiger partial charge in [0.25, 0.3) is 0 Å². The summed E-state index contributed by atoms with van der Waals surface area (Å²) in [5, 5.41) is 1.15. The third-order valence-electron chi connectivity index (χ3n) is 7.56. The Morgan fingerprint density at radius 2 is 1.63 bits per heavy atom. The molecule has 1 amide bonds. The Labute approximate surface area is 221 Å². The van der Waals surface area contributed by atoms with Crippen LogP contribution in [0.4, 0.5) is 18.9 Å². The highest BCUT2D eigenvalue weighted by Gasteiger charge is 2.32. The van der Waals surface area contributed by atoms with E-state index in [1.807, 2.05) is 21.9 Å². The molecule has 0 spiro atoms. The van der Waals surface area contributed by atoms with Gasteiger partial charge < -0.3 is 14.4 Å². The summed E-state index contributed by atoms with van der Waals surface area (Å²) in [5.41, 5.74) is 4.45. The third-order valence-corrected chi connectivity index (χ3v) is 7.56. The van der Waals surface area contributed by atoms with E-state index in [4.69, 9.17) is 0 Å². The predicted octanol–water partition coefficient (Wildman–Crippen LogP) is 6.86. The van der Waals surface area contributed by atoms with E-state index in [9.17, 15) is 18.0 Å². The molecule has 198 valence electrons. The van der Waals surface area contributed by atoms with Gasteiger partial charge in [0.05, 0.1) is 5.56 Å². The first-order chi connectivity index (χ1) is 18.2. The molecule has 0 aliphatic carbocycles. The Balaban J connectivity index is 1.36. The number of anilines is 1. The number of carbonyl (C=O) groups excluding carboxylic acids is 1. The summed E-state index contributed by atoms with van der Waals surface area (Å²) in [4.78, 5) is 17.4. The average Bonchev–Trinajstić information content (AvgIpc) is 3.30. The highest BCUT2D eigenvalue weighted by atomic mass is 19.4. The minimum atomic E-state index is -4.38. The number of fused-ring (bicyclic) bond motifs is 1. The van der Waals surface area contributed by atoms with Crippen LogP contribution < -0.4 is 4.90 Å². The van der Waals surface area contributed by atoms with Crippen LogP contribution in [-0.4, -0.2) is 41.6 Å². The maximum atomic E-state index is 13.6. The van der Waals surface area contributed by atoms with E-state index in [-0.39, 0.29) is 11.8 Å². The summed E-state index contributed by atoms with van der Waals surface area (Å²) in [6.07, 6.45) is -1.86. The Hall–Kier alpha value is -3.74. The monoisotopic (exact) mass is 519 g/mol. The van der Waals surface area contributed by atoms with Crippen LogP contribution >= 0.6 is 0 Å². The molecule has 0 saturated carbocycles. The molecule has 1 aromatic heterocycles. The van der Waals surface area contributed by atoms with Gasteiger partial charge in [0.15, 0.2) is 0 Å².